The molecule has 2 aromatic heterocycles. The number of halogens is 2. The van der Waals surface area contributed by atoms with Gasteiger partial charge in [-0.25, -0.2) is 0 Å². The Balaban J connectivity index is 1.31. The SMILES string of the molecule is COc1ccc(NC(=O)c2ccc(N3CC4CC(C3)c3cccc(=O)n3C4)c(NC(=O)c3ccc(Br)o3)c2)cc1Cl. The van der Waals surface area contributed by atoms with Gasteiger partial charge in [0.05, 0.1) is 23.5 Å². The molecule has 2 atom stereocenters. The number of aromatic nitrogens is 1. The van der Waals surface area contributed by atoms with Crippen molar-refractivity contribution in [3.8, 4) is 5.75 Å². The van der Waals surface area contributed by atoms with Crippen molar-refractivity contribution in [1.29, 1.82) is 0 Å². The van der Waals surface area contributed by atoms with Gasteiger partial charge in [0.15, 0.2) is 10.4 Å². The van der Waals surface area contributed by atoms with Gasteiger partial charge in [-0.1, -0.05) is 17.7 Å². The second-order valence-corrected chi connectivity index (χ2v) is 11.4. The van der Waals surface area contributed by atoms with E-state index in [1.165, 1.54) is 7.11 Å². The van der Waals surface area contributed by atoms with Crippen molar-refractivity contribution in [3.63, 3.8) is 0 Å². The molecule has 210 valence electrons. The van der Waals surface area contributed by atoms with E-state index in [0.717, 1.165) is 17.8 Å². The average molecular weight is 638 g/mol. The van der Waals surface area contributed by atoms with Gasteiger partial charge >= 0.3 is 0 Å². The fourth-order valence-corrected chi connectivity index (χ4v) is 6.28. The maximum absolute atomic E-state index is 13.2. The molecule has 11 heteroatoms. The number of hydrogen-bond donors (Lipinski definition) is 2. The summed E-state index contributed by atoms with van der Waals surface area (Å²) in [7, 11) is 1.52. The zero-order valence-electron chi connectivity index (χ0n) is 22.0. The zero-order chi connectivity index (χ0) is 28.7. The number of amides is 2. The monoisotopic (exact) mass is 636 g/mol. The second kappa shape index (κ2) is 11.1. The number of hydrogen-bond acceptors (Lipinski definition) is 6. The van der Waals surface area contributed by atoms with Crippen LogP contribution < -0.4 is 25.8 Å². The van der Waals surface area contributed by atoms with E-state index >= 15 is 0 Å². The average Bonchev–Trinajstić information content (AvgIpc) is 3.40. The van der Waals surface area contributed by atoms with E-state index in [0.29, 0.717) is 52.0 Å². The molecule has 41 heavy (non-hydrogen) atoms. The summed E-state index contributed by atoms with van der Waals surface area (Å²) >= 11 is 9.46. The Hall–Kier alpha value is -4.02. The summed E-state index contributed by atoms with van der Waals surface area (Å²) in [5.74, 6) is 0.276. The maximum Gasteiger partial charge on any atom is 0.291 e. The first-order valence-electron chi connectivity index (χ1n) is 13.1. The van der Waals surface area contributed by atoms with Gasteiger partial charge in [-0.15, -0.1) is 0 Å². The number of benzene rings is 2. The number of nitrogens with one attached hydrogen (secondary N) is 2. The van der Waals surface area contributed by atoms with Gasteiger partial charge < -0.3 is 29.3 Å². The van der Waals surface area contributed by atoms with Crippen LogP contribution in [0.1, 0.15) is 38.9 Å². The molecule has 2 bridgehead atoms. The van der Waals surface area contributed by atoms with Gasteiger partial charge in [-0.2, -0.15) is 0 Å². The molecule has 2 aromatic carbocycles. The molecule has 0 saturated carbocycles. The zero-order valence-corrected chi connectivity index (χ0v) is 24.4. The second-order valence-electron chi connectivity index (χ2n) is 10.2. The number of ether oxygens (including phenoxy) is 1. The van der Waals surface area contributed by atoms with Gasteiger partial charge in [0.2, 0.25) is 0 Å². The number of furan rings is 1. The molecule has 6 rings (SSSR count). The van der Waals surface area contributed by atoms with Crippen molar-refractivity contribution in [2.45, 2.75) is 18.9 Å². The molecule has 0 radical (unpaired) electrons. The Bertz CT molecular complexity index is 1720. The number of carbonyl (C=O) groups excluding carboxylic acids is 2. The van der Waals surface area contributed by atoms with Crippen LogP contribution in [0, 0.1) is 5.92 Å². The molecular formula is C30H26BrClN4O5. The molecule has 1 saturated heterocycles. The first-order chi connectivity index (χ1) is 19.8. The van der Waals surface area contributed by atoms with Gasteiger partial charge in [-0.05, 0) is 82.9 Å². The van der Waals surface area contributed by atoms with Crippen molar-refractivity contribution >= 4 is 56.4 Å². The van der Waals surface area contributed by atoms with Crippen molar-refractivity contribution in [2.24, 2.45) is 5.92 Å². The number of methoxy groups -OCH3 is 1. The molecule has 2 aliphatic rings. The Labute approximate surface area is 249 Å². The van der Waals surface area contributed by atoms with E-state index in [2.05, 4.69) is 31.5 Å². The van der Waals surface area contributed by atoms with Crippen LogP contribution in [0.2, 0.25) is 5.02 Å². The standard InChI is InChI=1S/C30H26BrClN4O5/c1-40-25-8-6-20(13-21(25)32)33-29(38)18-5-7-24(22(12-18)34-30(39)26-9-10-27(31)41-26)35-14-17-11-19(16-35)23-3-2-4-28(37)36(23)15-17/h2-10,12-13,17,19H,11,14-16H2,1H3,(H,33,38)(H,34,39). The maximum atomic E-state index is 13.2. The normalized spacial score (nSPS) is 17.5. The van der Waals surface area contributed by atoms with E-state index in [1.54, 1.807) is 48.5 Å². The Kier molecular flexibility index (Phi) is 7.35. The number of anilines is 3. The summed E-state index contributed by atoms with van der Waals surface area (Å²) in [6.45, 7) is 2.03. The van der Waals surface area contributed by atoms with Crippen LogP contribution in [0.5, 0.6) is 5.75 Å². The van der Waals surface area contributed by atoms with Crippen LogP contribution in [0.15, 0.2) is 80.6 Å². The largest absolute Gasteiger partial charge is 0.495 e. The highest BCUT2D eigenvalue weighted by Gasteiger charge is 2.35. The highest BCUT2D eigenvalue weighted by atomic mass is 79.9. The topological polar surface area (TPSA) is 106 Å². The minimum atomic E-state index is -0.439. The van der Waals surface area contributed by atoms with Gasteiger partial charge in [-0.3, -0.25) is 14.4 Å². The molecule has 0 spiro atoms. The van der Waals surface area contributed by atoms with E-state index in [4.69, 9.17) is 20.8 Å². The van der Waals surface area contributed by atoms with Gasteiger partial charge in [0, 0.05) is 48.6 Å². The molecule has 9 nitrogen and oxygen atoms in total. The Morgan fingerprint density at radius 2 is 1.85 bits per heavy atom. The van der Waals surface area contributed by atoms with Crippen molar-refractivity contribution in [2.75, 3.05) is 35.7 Å². The third kappa shape index (κ3) is 5.49. The number of carbonyl (C=O) groups is 2. The lowest BCUT2D eigenvalue weighted by Crippen LogP contribution is -2.47. The van der Waals surface area contributed by atoms with Crippen LogP contribution in [-0.4, -0.2) is 36.6 Å². The molecule has 2 amide bonds. The highest BCUT2D eigenvalue weighted by Crippen LogP contribution is 2.39. The molecule has 0 aliphatic carbocycles. The van der Waals surface area contributed by atoms with Crippen LogP contribution >= 0.6 is 27.5 Å². The molecule has 2 unspecified atom stereocenters. The van der Waals surface area contributed by atoms with Crippen LogP contribution in [0.25, 0.3) is 0 Å². The number of pyridine rings is 1. The van der Waals surface area contributed by atoms with Crippen LogP contribution in [0.3, 0.4) is 0 Å². The summed E-state index contributed by atoms with van der Waals surface area (Å²) in [5, 5.41) is 6.17. The first kappa shape index (κ1) is 27.2. The molecule has 2 N–H and O–H groups in total. The van der Waals surface area contributed by atoms with Crippen molar-refractivity contribution in [3.05, 3.63) is 104 Å². The third-order valence-corrected chi connectivity index (χ3v) is 8.26. The van der Waals surface area contributed by atoms with E-state index < -0.39 is 5.91 Å². The van der Waals surface area contributed by atoms with E-state index in [-0.39, 0.29) is 29.1 Å². The third-order valence-electron chi connectivity index (χ3n) is 7.53. The summed E-state index contributed by atoms with van der Waals surface area (Å²) in [6, 6.07) is 18.9. The quantitative estimate of drug-likeness (QED) is 0.269. The fourth-order valence-electron chi connectivity index (χ4n) is 5.71. The number of piperidine rings is 1. The number of nitrogens with zero attached hydrogens (tertiary/aromatic N) is 2. The lowest BCUT2D eigenvalue weighted by molar-refractivity contribution is 0.0992. The minimum absolute atomic E-state index is 0.0247. The van der Waals surface area contributed by atoms with Gasteiger partial charge in [0.1, 0.15) is 5.75 Å². The fraction of sp³-hybridized carbons (Fsp3) is 0.233. The predicted octanol–water partition coefficient (Wildman–Crippen LogP) is 5.99. The first-order valence-corrected chi connectivity index (χ1v) is 14.3. The lowest BCUT2D eigenvalue weighted by atomic mass is 9.83. The van der Waals surface area contributed by atoms with E-state index in [1.807, 2.05) is 22.8 Å². The minimum Gasteiger partial charge on any atom is -0.495 e. The Morgan fingerprint density at radius 3 is 2.61 bits per heavy atom. The van der Waals surface area contributed by atoms with Crippen LogP contribution in [0.4, 0.5) is 17.1 Å². The van der Waals surface area contributed by atoms with Crippen molar-refractivity contribution in [1.82, 2.24) is 4.57 Å². The highest BCUT2D eigenvalue weighted by molar-refractivity contribution is 9.10. The predicted molar refractivity (Wildman–Crippen MR) is 161 cm³/mol. The molecule has 1 fully saturated rings. The smallest absolute Gasteiger partial charge is 0.291 e. The van der Waals surface area contributed by atoms with Crippen LogP contribution in [-0.2, 0) is 6.54 Å². The molecule has 2 aliphatic heterocycles. The molecule has 4 heterocycles. The summed E-state index contributed by atoms with van der Waals surface area (Å²) in [5.41, 5.74) is 3.18. The number of rotatable bonds is 6. The summed E-state index contributed by atoms with van der Waals surface area (Å²) in [6.07, 6.45) is 0.993. The summed E-state index contributed by atoms with van der Waals surface area (Å²) < 4.78 is 13.0. The molecule has 4 aromatic rings. The number of fused-ring (bicyclic) bond motifs is 4. The van der Waals surface area contributed by atoms with Gasteiger partial charge in [0.25, 0.3) is 17.4 Å². The Morgan fingerprint density at radius 1 is 1.00 bits per heavy atom. The molecular weight excluding hydrogens is 612 g/mol. The summed E-state index contributed by atoms with van der Waals surface area (Å²) in [4.78, 5) is 41.1. The van der Waals surface area contributed by atoms with E-state index in [9.17, 15) is 14.4 Å². The van der Waals surface area contributed by atoms with Crippen molar-refractivity contribution < 1.29 is 18.7 Å². The lowest BCUT2D eigenvalue weighted by Gasteiger charge is -2.44.